The highest BCUT2D eigenvalue weighted by atomic mass is 16.5. The standard InChI is InChI=1S/C43H27BN2O/c1-43(2)31-16-6-5-13-26(31)30-23-34-39-37(38(30)43)29-15-10-20-36-42(29)46(33-18-7-8-19-35(33)47-36)44(39)32-17-9-14-27-28-22-21-24-11-3-4-12-25(24)40(28)45(34)41(27)32/h3-23H,1-2H3. The summed E-state index contributed by atoms with van der Waals surface area (Å²) in [6, 6.07) is 47.2. The molecule has 0 atom stereocenters. The maximum atomic E-state index is 6.71. The average Bonchev–Trinajstić information content (AvgIpc) is 3.57. The van der Waals surface area contributed by atoms with Crippen LogP contribution >= 0.6 is 0 Å². The van der Waals surface area contributed by atoms with E-state index in [-0.39, 0.29) is 12.3 Å². The summed E-state index contributed by atoms with van der Waals surface area (Å²) in [5.41, 5.74) is 16.8. The molecule has 0 saturated carbocycles. The van der Waals surface area contributed by atoms with E-state index in [1.165, 1.54) is 88.3 Å². The molecule has 47 heavy (non-hydrogen) atoms. The molecule has 4 aliphatic rings. The van der Waals surface area contributed by atoms with E-state index in [1.54, 1.807) is 0 Å². The Hall–Kier alpha value is -5.74. The van der Waals surface area contributed by atoms with Crippen molar-refractivity contribution in [3.8, 4) is 39.4 Å². The summed E-state index contributed by atoms with van der Waals surface area (Å²) in [5.74, 6) is 1.82. The maximum Gasteiger partial charge on any atom is 0.333 e. The lowest BCUT2D eigenvalue weighted by Gasteiger charge is -2.46. The molecule has 4 heteroatoms. The van der Waals surface area contributed by atoms with Crippen LogP contribution in [0.1, 0.15) is 25.0 Å². The fraction of sp³-hybridized carbons (Fsp3) is 0.0698. The number of para-hydroxylation sites is 4. The molecular formula is C43H27BN2O. The summed E-state index contributed by atoms with van der Waals surface area (Å²) < 4.78 is 9.32. The zero-order valence-corrected chi connectivity index (χ0v) is 26.0. The average molecular weight is 599 g/mol. The number of benzene rings is 7. The first-order valence-corrected chi connectivity index (χ1v) is 16.6. The molecule has 218 valence electrons. The molecule has 3 nitrogen and oxygen atoms in total. The van der Waals surface area contributed by atoms with Crippen molar-refractivity contribution in [2.75, 3.05) is 4.81 Å². The number of rotatable bonds is 0. The van der Waals surface area contributed by atoms with Crippen molar-refractivity contribution in [2.45, 2.75) is 19.3 Å². The number of anilines is 2. The van der Waals surface area contributed by atoms with E-state index in [4.69, 9.17) is 4.74 Å². The Labute approximate surface area is 272 Å². The highest BCUT2D eigenvalue weighted by molar-refractivity contribution is 6.94. The van der Waals surface area contributed by atoms with Gasteiger partial charge in [-0.2, -0.15) is 0 Å². The molecule has 0 fully saturated rings. The minimum atomic E-state index is -0.170. The van der Waals surface area contributed by atoms with Crippen molar-refractivity contribution in [1.82, 2.24) is 4.57 Å². The Morgan fingerprint density at radius 2 is 1.34 bits per heavy atom. The zero-order valence-electron chi connectivity index (χ0n) is 26.0. The number of ether oxygens (including phenoxy) is 1. The third-order valence-corrected chi connectivity index (χ3v) is 11.5. The quantitative estimate of drug-likeness (QED) is 0.162. The van der Waals surface area contributed by atoms with Gasteiger partial charge in [0.05, 0.1) is 22.4 Å². The van der Waals surface area contributed by atoms with E-state index >= 15 is 0 Å². The normalized spacial score (nSPS) is 15.3. The summed E-state index contributed by atoms with van der Waals surface area (Å²) in [6.07, 6.45) is 0. The van der Waals surface area contributed by atoms with Crippen LogP contribution in [0.3, 0.4) is 0 Å². The van der Waals surface area contributed by atoms with E-state index in [0.717, 1.165) is 17.2 Å². The second kappa shape index (κ2) is 7.97. The van der Waals surface area contributed by atoms with Crippen LogP contribution in [-0.4, -0.2) is 11.4 Å². The molecule has 1 aliphatic carbocycles. The van der Waals surface area contributed by atoms with E-state index in [1.807, 2.05) is 0 Å². The summed E-state index contributed by atoms with van der Waals surface area (Å²) in [4.78, 5) is 2.59. The van der Waals surface area contributed by atoms with Gasteiger partial charge in [0.15, 0.2) is 5.75 Å². The van der Waals surface area contributed by atoms with Crippen LogP contribution in [-0.2, 0) is 5.41 Å². The topological polar surface area (TPSA) is 17.4 Å². The molecule has 0 saturated heterocycles. The first kappa shape index (κ1) is 24.5. The van der Waals surface area contributed by atoms with E-state index in [0.29, 0.717) is 0 Å². The number of hydrogen-bond acceptors (Lipinski definition) is 2. The van der Waals surface area contributed by atoms with Crippen LogP contribution in [0.4, 0.5) is 11.4 Å². The summed E-state index contributed by atoms with van der Waals surface area (Å²) >= 11 is 0. The fourth-order valence-electron chi connectivity index (χ4n) is 9.73. The Morgan fingerprint density at radius 3 is 2.30 bits per heavy atom. The lowest BCUT2D eigenvalue weighted by atomic mass is 9.43. The predicted molar refractivity (Wildman–Crippen MR) is 195 cm³/mol. The number of aromatic nitrogens is 1. The monoisotopic (exact) mass is 598 g/mol. The highest BCUT2D eigenvalue weighted by Crippen LogP contribution is 2.59. The van der Waals surface area contributed by atoms with Gasteiger partial charge in [0, 0.05) is 32.8 Å². The SMILES string of the molecule is CC1(C)c2ccccc2-c2cc3c4c(c21)-c1cccc2c1N(B4c1cccc4c5ccc6ccccc6c5n-3c14)c1ccccc1O2. The molecule has 4 heterocycles. The number of fused-ring (bicyclic) bond motifs is 15. The van der Waals surface area contributed by atoms with Crippen LogP contribution in [0.5, 0.6) is 11.5 Å². The Kier molecular flexibility index (Phi) is 4.15. The van der Waals surface area contributed by atoms with Crippen molar-refractivity contribution in [3.05, 3.63) is 139 Å². The van der Waals surface area contributed by atoms with Crippen molar-refractivity contribution < 1.29 is 4.74 Å². The molecule has 0 spiro atoms. The van der Waals surface area contributed by atoms with Gasteiger partial charge >= 0.3 is 6.85 Å². The number of nitrogens with zero attached hydrogens (tertiary/aromatic N) is 2. The Bertz CT molecular complexity index is 2770. The smallest absolute Gasteiger partial charge is 0.333 e. The first-order chi connectivity index (χ1) is 23.1. The molecule has 0 unspecified atom stereocenters. The van der Waals surface area contributed by atoms with Gasteiger partial charge in [-0.3, -0.25) is 0 Å². The van der Waals surface area contributed by atoms with E-state index < -0.39 is 0 Å². The second-order valence-corrected chi connectivity index (χ2v) is 14.0. The third kappa shape index (κ3) is 2.68. The molecule has 3 aliphatic heterocycles. The van der Waals surface area contributed by atoms with Crippen molar-refractivity contribution in [2.24, 2.45) is 0 Å². The molecule has 0 N–H and O–H groups in total. The van der Waals surface area contributed by atoms with Crippen LogP contribution < -0.4 is 20.5 Å². The first-order valence-electron chi connectivity index (χ1n) is 16.6. The highest BCUT2D eigenvalue weighted by Gasteiger charge is 2.50. The maximum absolute atomic E-state index is 6.71. The predicted octanol–water partition coefficient (Wildman–Crippen LogP) is 9.59. The van der Waals surface area contributed by atoms with Gasteiger partial charge in [0.1, 0.15) is 5.75 Å². The largest absolute Gasteiger partial charge is 0.453 e. The fourth-order valence-corrected chi connectivity index (χ4v) is 9.73. The van der Waals surface area contributed by atoms with Crippen molar-refractivity contribution >= 4 is 61.7 Å². The van der Waals surface area contributed by atoms with E-state index in [9.17, 15) is 0 Å². The molecule has 0 bridgehead atoms. The molecule has 0 radical (unpaired) electrons. The minimum absolute atomic E-state index is 0.0183. The van der Waals surface area contributed by atoms with Gasteiger partial charge in [-0.05, 0) is 68.4 Å². The molecule has 12 rings (SSSR count). The van der Waals surface area contributed by atoms with Gasteiger partial charge in [-0.25, -0.2) is 0 Å². The number of hydrogen-bond donors (Lipinski definition) is 0. The lowest BCUT2D eigenvalue weighted by molar-refractivity contribution is 0.478. The van der Waals surface area contributed by atoms with Gasteiger partial charge in [0.2, 0.25) is 0 Å². The van der Waals surface area contributed by atoms with Crippen LogP contribution in [0.25, 0.3) is 60.5 Å². The molecule has 1 aromatic heterocycles. The van der Waals surface area contributed by atoms with Crippen molar-refractivity contribution in [1.29, 1.82) is 0 Å². The Balaban J connectivity index is 1.36. The summed E-state index contributed by atoms with van der Waals surface area (Å²) in [6.45, 7) is 4.81. The molecule has 0 amide bonds. The van der Waals surface area contributed by atoms with Crippen LogP contribution in [0, 0.1) is 0 Å². The van der Waals surface area contributed by atoms with Crippen LogP contribution in [0.15, 0.2) is 127 Å². The summed E-state index contributed by atoms with van der Waals surface area (Å²) in [5, 5.41) is 5.16. The molecule has 8 aromatic rings. The van der Waals surface area contributed by atoms with Gasteiger partial charge in [-0.15, -0.1) is 0 Å². The summed E-state index contributed by atoms with van der Waals surface area (Å²) in [7, 11) is 0. The Morgan fingerprint density at radius 1 is 0.596 bits per heavy atom. The van der Waals surface area contributed by atoms with Gasteiger partial charge in [-0.1, -0.05) is 117 Å². The molecular weight excluding hydrogens is 571 g/mol. The van der Waals surface area contributed by atoms with Crippen LogP contribution in [0.2, 0.25) is 0 Å². The molecule has 7 aromatic carbocycles. The van der Waals surface area contributed by atoms with E-state index in [2.05, 4.69) is 151 Å². The van der Waals surface area contributed by atoms with Gasteiger partial charge in [0.25, 0.3) is 0 Å². The van der Waals surface area contributed by atoms with Gasteiger partial charge < -0.3 is 14.1 Å². The second-order valence-electron chi connectivity index (χ2n) is 14.0. The lowest BCUT2D eigenvalue weighted by Crippen LogP contribution is -2.61. The minimum Gasteiger partial charge on any atom is -0.453 e. The third-order valence-electron chi connectivity index (χ3n) is 11.5. The zero-order chi connectivity index (χ0) is 30.8. The van der Waals surface area contributed by atoms with Crippen molar-refractivity contribution in [3.63, 3.8) is 0 Å².